The highest BCUT2D eigenvalue weighted by Gasteiger charge is 2.29. The number of nitro benzene ring substituents is 1. The number of carboxylic acids is 1. The lowest BCUT2D eigenvalue weighted by molar-refractivity contribution is -0.385. The van der Waals surface area contributed by atoms with Crippen molar-refractivity contribution in [3.63, 3.8) is 0 Å². The molecule has 0 aromatic heterocycles. The molecule has 0 saturated carbocycles. The van der Waals surface area contributed by atoms with E-state index >= 15 is 0 Å². The predicted molar refractivity (Wildman–Crippen MR) is 69.5 cm³/mol. The first-order chi connectivity index (χ1) is 9.00. The fourth-order valence-corrected chi connectivity index (χ4v) is 2.26. The van der Waals surface area contributed by atoms with E-state index in [0.29, 0.717) is 30.9 Å². The number of nitrogens with one attached hydrogen (secondary N) is 1. The minimum absolute atomic E-state index is 0.0470. The second-order valence-corrected chi connectivity index (χ2v) is 4.48. The van der Waals surface area contributed by atoms with Crippen molar-refractivity contribution < 1.29 is 14.8 Å². The first-order valence-electron chi connectivity index (χ1n) is 5.96. The van der Waals surface area contributed by atoms with Crippen LogP contribution in [-0.2, 0) is 4.79 Å². The normalized spacial score (nSPS) is 19.2. The molecule has 1 atom stereocenters. The molecule has 19 heavy (non-hydrogen) atoms. The van der Waals surface area contributed by atoms with Crippen LogP contribution in [0.2, 0.25) is 0 Å². The third-order valence-corrected chi connectivity index (χ3v) is 3.24. The largest absolute Gasteiger partial charge is 0.480 e. The molecule has 1 unspecified atom stereocenters. The summed E-state index contributed by atoms with van der Waals surface area (Å²) in [6.07, 6.45) is 0. The molecule has 0 spiro atoms. The first-order valence-corrected chi connectivity index (χ1v) is 5.96. The van der Waals surface area contributed by atoms with Gasteiger partial charge in [-0.15, -0.1) is 0 Å². The summed E-state index contributed by atoms with van der Waals surface area (Å²) in [4.78, 5) is 23.3. The maximum atomic E-state index is 11.2. The van der Waals surface area contributed by atoms with Gasteiger partial charge in [0.2, 0.25) is 0 Å². The Bertz CT molecular complexity index is 518. The van der Waals surface area contributed by atoms with Gasteiger partial charge in [-0.3, -0.25) is 10.1 Å². The molecule has 2 N–H and O–H groups in total. The number of hydrogen-bond acceptors (Lipinski definition) is 5. The first kappa shape index (κ1) is 13.3. The van der Waals surface area contributed by atoms with Crippen LogP contribution in [0, 0.1) is 17.0 Å². The Morgan fingerprint density at radius 1 is 1.58 bits per heavy atom. The summed E-state index contributed by atoms with van der Waals surface area (Å²) in [5, 5.41) is 23.0. The van der Waals surface area contributed by atoms with Crippen LogP contribution in [0.1, 0.15) is 5.56 Å². The lowest BCUT2D eigenvalue weighted by Crippen LogP contribution is -2.55. The zero-order chi connectivity index (χ0) is 14.0. The topological polar surface area (TPSA) is 95.7 Å². The Morgan fingerprint density at radius 2 is 2.32 bits per heavy atom. The van der Waals surface area contributed by atoms with Crippen molar-refractivity contribution in [2.75, 3.05) is 24.5 Å². The molecule has 0 bridgehead atoms. The van der Waals surface area contributed by atoms with E-state index in [9.17, 15) is 20.0 Å². The molecule has 102 valence electrons. The quantitative estimate of drug-likeness (QED) is 0.619. The number of rotatable bonds is 3. The van der Waals surface area contributed by atoms with Crippen molar-refractivity contribution in [1.82, 2.24) is 5.32 Å². The highest BCUT2D eigenvalue weighted by molar-refractivity contribution is 5.79. The number of carboxylic acid groups (broad SMARTS) is 1. The fourth-order valence-electron chi connectivity index (χ4n) is 2.26. The van der Waals surface area contributed by atoms with Crippen molar-refractivity contribution in [2.24, 2.45) is 0 Å². The maximum absolute atomic E-state index is 11.2. The number of aryl methyl sites for hydroxylation is 1. The molecule has 1 heterocycles. The molecule has 1 aliphatic heterocycles. The summed E-state index contributed by atoms with van der Waals surface area (Å²) in [6.45, 7) is 3.28. The molecule has 0 aliphatic carbocycles. The number of hydrogen-bond donors (Lipinski definition) is 2. The van der Waals surface area contributed by atoms with Gasteiger partial charge in [0.15, 0.2) is 0 Å². The lowest BCUT2D eigenvalue weighted by Gasteiger charge is -2.35. The number of anilines is 1. The van der Waals surface area contributed by atoms with Gasteiger partial charge in [-0.25, -0.2) is 4.79 Å². The number of nitro groups is 1. The molecular weight excluding hydrogens is 250 g/mol. The molecule has 0 amide bonds. The average molecular weight is 265 g/mol. The summed E-state index contributed by atoms with van der Waals surface area (Å²) in [5.41, 5.74) is 1.29. The van der Waals surface area contributed by atoms with Crippen LogP contribution in [-0.4, -0.2) is 41.7 Å². The van der Waals surface area contributed by atoms with Gasteiger partial charge < -0.3 is 15.3 Å². The van der Waals surface area contributed by atoms with Crippen LogP contribution < -0.4 is 10.2 Å². The Kier molecular flexibility index (Phi) is 3.66. The zero-order valence-electron chi connectivity index (χ0n) is 10.5. The third-order valence-electron chi connectivity index (χ3n) is 3.24. The maximum Gasteiger partial charge on any atom is 0.327 e. The van der Waals surface area contributed by atoms with Crippen molar-refractivity contribution in [2.45, 2.75) is 13.0 Å². The molecule has 1 saturated heterocycles. The second kappa shape index (κ2) is 5.23. The minimum atomic E-state index is -0.900. The number of carbonyl (C=O) groups is 1. The number of benzene rings is 1. The summed E-state index contributed by atoms with van der Waals surface area (Å²) in [6, 6.07) is 4.05. The van der Waals surface area contributed by atoms with Crippen molar-refractivity contribution in [3.8, 4) is 0 Å². The number of nitrogens with zero attached hydrogens (tertiary/aromatic N) is 2. The molecule has 7 heteroatoms. The van der Waals surface area contributed by atoms with Crippen LogP contribution >= 0.6 is 0 Å². The van der Waals surface area contributed by atoms with E-state index in [1.807, 2.05) is 0 Å². The fraction of sp³-hybridized carbons (Fsp3) is 0.417. The van der Waals surface area contributed by atoms with E-state index in [2.05, 4.69) is 5.32 Å². The van der Waals surface area contributed by atoms with Crippen LogP contribution in [0.15, 0.2) is 18.2 Å². The van der Waals surface area contributed by atoms with E-state index in [4.69, 9.17) is 0 Å². The monoisotopic (exact) mass is 265 g/mol. The Hall–Kier alpha value is -2.15. The smallest absolute Gasteiger partial charge is 0.327 e. The molecule has 1 aromatic rings. The van der Waals surface area contributed by atoms with Gasteiger partial charge in [-0.1, -0.05) is 0 Å². The minimum Gasteiger partial charge on any atom is -0.480 e. The van der Waals surface area contributed by atoms with Gasteiger partial charge in [0.05, 0.1) is 4.92 Å². The SMILES string of the molecule is Cc1cc(N2CCNCC2C(=O)O)ccc1[N+](=O)[O-]. The van der Waals surface area contributed by atoms with E-state index in [1.54, 1.807) is 24.0 Å². The van der Waals surface area contributed by atoms with Crippen molar-refractivity contribution in [1.29, 1.82) is 0 Å². The number of piperazine rings is 1. The third kappa shape index (κ3) is 2.65. The second-order valence-electron chi connectivity index (χ2n) is 4.48. The van der Waals surface area contributed by atoms with E-state index in [1.165, 1.54) is 6.07 Å². The van der Waals surface area contributed by atoms with Gasteiger partial charge in [-0.2, -0.15) is 0 Å². The van der Waals surface area contributed by atoms with Gasteiger partial charge >= 0.3 is 5.97 Å². The van der Waals surface area contributed by atoms with Crippen LogP contribution in [0.3, 0.4) is 0 Å². The standard InChI is InChI=1S/C12H15N3O4/c1-8-6-9(2-3-10(8)15(18)19)14-5-4-13-7-11(14)12(16)17/h2-3,6,11,13H,4-5,7H2,1H3,(H,16,17). The molecule has 0 radical (unpaired) electrons. The summed E-state index contributed by atoms with van der Waals surface area (Å²) < 4.78 is 0. The Balaban J connectivity index is 2.32. The predicted octanol–water partition coefficient (Wildman–Crippen LogP) is 0.766. The molecule has 2 rings (SSSR count). The summed E-state index contributed by atoms with van der Waals surface area (Å²) in [5.74, 6) is -0.900. The van der Waals surface area contributed by atoms with Crippen LogP contribution in [0.4, 0.5) is 11.4 Å². The van der Waals surface area contributed by atoms with E-state index in [-0.39, 0.29) is 5.69 Å². The van der Waals surface area contributed by atoms with Gasteiger partial charge in [0, 0.05) is 37.0 Å². The Labute approximate surface area is 110 Å². The summed E-state index contributed by atoms with van der Waals surface area (Å²) in [7, 11) is 0. The highest BCUT2D eigenvalue weighted by Crippen LogP contribution is 2.26. The zero-order valence-corrected chi connectivity index (χ0v) is 10.5. The molecule has 1 aliphatic rings. The van der Waals surface area contributed by atoms with Crippen molar-refractivity contribution in [3.05, 3.63) is 33.9 Å². The summed E-state index contributed by atoms with van der Waals surface area (Å²) >= 11 is 0. The van der Waals surface area contributed by atoms with Gasteiger partial charge in [0.25, 0.3) is 5.69 Å². The average Bonchev–Trinajstić information content (AvgIpc) is 2.38. The number of aliphatic carboxylic acids is 1. The lowest BCUT2D eigenvalue weighted by atomic mass is 10.1. The molecular formula is C12H15N3O4. The van der Waals surface area contributed by atoms with Crippen LogP contribution in [0.5, 0.6) is 0 Å². The molecule has 1 aromatic carbocycles. The van der Waals surface area contributed by atoms with Gasteiger partial charge in [0.1, 0.15) is 6.04 Å². The Morgan fingerprint density at radius 3 is 2.89 bits per heavy atom. The highest BCUT2D eigenvalue weighted by atomic mass is 16.6. The van der Waals surface area contributed by atoms with E-state index < -0.39 is 16.9 Å². The van der Waals surface area contributed by atoms with Crippen molar-refractivity contribution >= 4 is 17.3 Å². The van der Waals surface area contributed by atoms with Gasteiger partial charge in [-0.05, 0) is 19.1 Å². The molecule has 7 nitrogen and oxygen atoms in total. The van der Waals surface area contributed by atoms with E-state index in [0.717, 1.165) is 0 Å². The molecule has 1 fully saturated rings. The van der Waals surface area contributed by atoms with Crippen LogP contribution in [0.25, 0.3) is 0 Å².